The molecule has 1 aliphatic heterocycles. The fraction of sp³-hybridized carbons (Fsp3) is 1.00. The first-order valence-corrected chi connectivity index (χ1v) is 7.34. The fourth-order valence-electron chi connectivity index (χ4n) is 2.46. The molecule has 0 spiro atoms. The molecule has 0 aromatic rings. The summed E-state index contributed by atoms with van der Waals surface area (Å²) >= 11 is 0. The number of quaternary nitrogens is 1. The highest BCUT2D eigenvalue weighted by Crippen LogP contribution is 2.19. The molecule has 0 N–H and O–H groups in total. The van der Waals surface area contributed by atoms with E-state index in [2.05, 4.69) is 6.92 Å². The van der Waals surface area contributed by atoms with Gasteiger partial charge in [-0.25, -0.2) is 8.42 Å². The summed E-state index contributed by atoms with van der Waals surface area (Å²) in [5.74, 6) is -0.201. The van der Waals surface area contributed by atoms with Crippen molar-refractivity contribution < 1.29 is 17.5 Å². The third kappa shape index (κ3) is 4.49. The second-order valence-corrected chi connectivity index (χ2v) is 6.03. The van der Waals surface area contributed by atoms with Crippen LogP contribution in [0, 0.1) is 0 Å². The Hall–Kier alpha value is -0.130. The number of hydrogen-bond acceptors (Lipinski definition) is 3. The van der Waals surface area contributed by atoms with E-state index in [0.717, 1.165) is 30.7 Å². The van der Waals surface area contributed by atoms with Crippen molar-refractivity contribution in [2.24, 2.45) is 0 Å². The van der Waals surface area contributed by atoms with Gasteiger partial charge in [0.05, 0.1) is 36.3 Å². The summed E-state index contributed by atoms with van der Waals surface area (Å²) in [4.78, 5) is 0. The van der Waals surface area contributed by atoms with Gasteiger partial charge in [-0.15, -0.1) is 0 Å². The van der Waals surface area contributed by atoms with Gasteiger partial charge in [0.15, 0.2) is 0 Å². The number of hydrogen-bond donors (Lipinski definition) is 0. The van der Waals surface area contributed by atoms with Gasteiger partial charge in [0.1, 0.15) is 0 Å². The highest BCUT2D eigenvalue weighted by atomic mass is 32.2. The Kier molecular flexibility index (Phi) is 4.55. The zero-order valence-electron chi connectivity index (χ0n) is 9.44. The molecule has 0 amide bonds. The topological polar surface area (TPSA) is 57.2 Å². The average Bonchev–Trinajstić information content (AvgIpc) is 2.17. The van der Waals surface area contributed by atoms with E-state index in [0.29, 0.717) is 6.42 Å². The van der Waals surface area contributed by atoms with Crippen LogP contribution in [0.25, 0.3) is 0 Å². The summed E-state index contributed by atoms with van der Waals surface area (Å²) in [5, 5.41) is 0. The van der Waals surface area contributed by atoms with E-state index < -0.39 is 10.1 Å². The number of rotatable bonds is 5. The van der Waals surface area contributed by atoms with E-state index in [-0.39, 0.29) is 5.75 Å². The van der Waals surface area contributed by atoms with Crippen molar-refractivity contribution in [1.29, 1.82) is 0 Å². The maximum atomic E-state index is 10.5. The van der Waals surface area contributed by atoms with Crippen molar-refractivity contribution in [3.63, 3.8) is 0 Å². The molecule has 0 aromatic heterocycles. The van der Waals surface area contributed by atoms with E-state index in [1.165, 1.54) is 19.3 Å². The molecule has 1 rings (SSSR count). The molecule has 0 atom stereocenters. The molecular formula is C10H21NO3S. The summed E-state index contributed by atoms with van der Waals surface area (Å²) in [6, 6.07) is 0. The molecule has 4 nitrogen and oxygen atoms in total. The number of piperidine rings is 1. The Labute approximate surface area is 92.6 Å². The maximum absolute atomic E-state index is 10.5. The van der Waals surface area contributed by atoms with E-state index >= 15 is 0 Å². The van der Waals surface area contributed by atoms with Crippen molar-refractivity contribution in [2.45, 2.75) is 32.6 Å². The fourth-order valence-corrected chi connectivity index (χ4v) is 2.94. The third-order valence-electron chi connectivity index (χ3n) is 3.46. The van der Waals surface area contributed by atoms with Gasteiger partial charge in [-0.3, -0.25) is 0 Å². The minimum atomic E-state index is -4.02. The van der Waals surface area contributed by atoms with Gasteiger partial charge in [0.25, 0.3) is 0 Å². The Balaban J connectivity index is 2.39. The maximum Gasteiger partial charge on any atom is 0.0948 e. The van der Waals surface area contributed by atoms with Gasteiger partial charge in [0.2, 0.25) is 0 Å². The van der Waals surface area contributed by atoms with Crippen LogP contribution in [-0.4, -0.2) is 49.4 Å². The third-order valence-corrected chi connectivity index (χ3v) is 4.25. The van der Waals surface area contributed by atoms with Gasteiger partial charge in [-0.05, 0) is 26.2 Å². The predicted molar refractivity (Wildman–Crippen MR) is 58.4 cm³/mol. The molecule has 0 unspecified atom stereocenters. The lowest BCUT2D eigenvalue weighted by Crippen LogP contribution is -2.52. The van der Waals surface area contributed by atoms with E-state index in [9.17, 15) is 13.0 Å². The second kappa shape index (κ2) is 5.27. The first-order valence-electron chi connectivity index (χ1n) is 5.76. The number of likely N-dealkylation sites (tertiary alicyclic amines) is 1. The van der Waals surface area contributed by atoms with Gasteiger partial charge in [0, 0.05) is 12.2 Å². The minimum Gasteiger partial charge on any atom is -0.748 e. The zero-order valence-corrected chi connectivity index (χ0v) is 10.3. The molecule has 0 saturated carbocycles. The minimum absolute atomic E-state index is 0.201. The van der Waals surface area contributed by atoms with Crippen molar-refractivity contribution in [1.82, 2.24) is 0 Å². The summed E-state index contributed by atoms with van der Waals surface area (Å²) in [6.07, 6.45) is 4.27. The van der Waals surface area contributed by atoms with Crippen LogP contribution in [0.1, 0.15) is 32.6 Å². The lowest BCUT2D eigenvalue weighted by Gasteiger charge is -2.41. The Bertz CT molecular complexity index is 281. The van der Waals surface area contributed by atoms with Crippen LogP contribution in [0.4, 0.5) is 0 Å². The van der Waals surface area contributed by atoms with Crippen molar-refractivity contribution in [2.75, 3.05) is 31.9 Å². The first kappa shape index (κ1) is 12.9. The SMILES string of the molecule is CC[N+]1(CCCS(=O)(=O)[O-])CCCCC1. The van der Waals surface area contributed by atoms with Gasteiger partial charge in [-0.2, -0.15) is 0 Å². The van der Waals surface area contributed by atoms with E-state index in [1.807, 2.05) is 0 Å². The molecule has 1 saturated heterocycles. The Morgan fingerprint density at radius 2 is 1.80 bits per heavy atom. The predicted octanol–water partition coefficient (Wildman–Crippen LogP) is 0.942. The zero-order chi connectivity index (χ0) is 11.4. The van der Waals surface area contributed by atoms with Gasteiger partial charge >= 0.3 is 0 Å². The molecule has 1 heterocycles. The summed E-state index contributed by atoms with van der Waals surface area (Å²) in [5.41, 5.74) is 0. The molecule has 5 heteroatoms. The summed E-state index contributed by atoms with van der Waals surface area (Å²) < 4.78 is 32.5. The van der Waals surface area contributed by atoms with Crippen LogP contribution in [0.5, 0.6) is 0 Å². The van der Waals surface area contributed by atoms with E-state index in [1.54, 1.807) is 0 Å². The van der Waals surface area contributed by atoms with Crippen LogP contribution in [-0.2, 0) is 10.1 Å². The molecule has 0 aliphatic carbocycles. The monoisotopic (exact) mass is 235 g/mol. The Morgan fingerprint density at radius 1 is 1.20 bits per heavy atom. The highest BCUT2D eigenvalue weighted by Gasteiger charge is 2.27. The van der Waals surface area contributed by atoms with Crippen LogP contribution < -0.4 is 0 Å². The van der Waals surface area contributed by atoms with Gasteiger partial charge < -0.3 is 9.04 Å². The summed E-state index contributed by atoms with van der Waals surface area (Å²) in [6.45, 7) is 6.35. The lowest BCUT2D eigenvalue weighted by molar-refractivity contribution is -0.930. The quantitative estimate of drug-likeness (QED) is 0.526. The average molecular weight is 235 g/mol. The molecular weight excluding hydrogens is 214 g/mol. The molecule has 90 valence electrons. The van der Waals surface area contributed by atoms with Crippen molar-refractivity contribution in [3.05, 3.63) is 0 Å². The first-order chi connectivity index (χ1) is 6.97. The molecule has 15 heavy (non-hydrogen) atoms. The second-order valence-electron chi connectivity index (χ2n) is 4.50. The number of nitrogens with zero attached hydrogens (tertiary/aromatic N) is 1. The van der Waals surface area contributed by atoms with Crippen LogP contribution in [0.15, 0.2) is 0 Å². The molecule has 0 bridgehead atoms. The lowest BCUT2D eigenvalue weighted by atomic mass is 10.1. The molecule has 0 aromatic carbocycles. The molecule has 1 fully saturated rings. The highest BCUT2D eigenvalue weighted by molar-refractivity contribution is 7.85. The standard InChI is InChI=1S/C10H21NO3S/c1-2-11(7-4-3-5-8-11)9-6-10-15(12,13)14/h2-10H2,1H3. The normalized spacial score (nSPS) is 21.5. The van der Waals surface area contributed by atoms with Gasteiger partial charge in [-0.1, -0.05) is 0 Å². The molecule has 0 radical (unpaired) electrons. The van der Waals surface area contributed by atoms with E-state index in [4.69, 9.17) is 0 Å². The van der Waals surface area contributed by atoms with Crippen molar-refractivity contribution >= 4 is 10.1 Å². The largest absolute Gasteiger partial charge is 0.748 e. The smallest absolute Gasteiger partial charge is 0.0948 e. The Morgan fingerprint density at radius 3 is 2.27 bits per heavy atom. The van der Waals surface area contributed by atoms with Crippen LogP contribution >= 0.6 is 0 Å². The van der Waals surface area contributed by atoms with Crippen molar-refractivity contribution in [3.8, 4) is 0 Å². The summed E-state index contributed by atoms with van der Waals surface area (Å²) in [7, 11) is -4.02. The van der Waals surface area contributed by atoms with Crippen LogP contribution in [0.2, 0.25) is 0 Å². The molecule has 1 aliphatic rings. The van der Waals surface area contributed by atoms with Crippen LogP contribution in [0.3, 0.4) is 0 Å².